The SMILES string of the molecule is c1ccc(-c2cc(-c3cccc(-c4cc5ccccc5o4)c3)nc(-c3ccc4c(c3)C3c5ccccc5[C@H]4c4cc(-c5nc(-c6ccccc6)cc(-c6cccc(-c7cc8ccccc8o7)c6)n5)ccc43)n2)cc1. The smallest absolute Gasteiger partial charge is 0.160 e. The van der Waals surface area contributed by atoms with Crippen molar-refractivity contribution in [1.29, 1.82) is 0 Å². The maximum atomic E-state index is 6.31. The molecule has 0 fully saturated rings. The first-order valence-electron chi connectivity index (χ1n) is 25.1. The zero-order valence-corrected chi connectivity index (χ0v) is 39.9. The summed E-state index contributed by atoms with van der Waals surface area (Å²) in [7, 11) is 0. The van der Waals surface area contributed by atoms with Gasteiger partial charge >= 0.3 is 0 Å². The molecular weight excluding hydrogens is 905 g/mol. The summed E-state index contributed by atoms with van der Waals surface area (Å²) in [5.41, 5.74) is 20.9. The van der Waals surface area contributed by atoms with Crippen molar-refractivity contribution in [2.45, 2.75) is 11.8 Å². The normalized spacial score (nSPS) is 14.2. The Morgan fingerprint density at radius 3 is 1.05 bits per heavy atom. The highest BCUT2D eigenvalue weighted by Crippen LogP contribution is 2.57. The van der Waals surface area contributed by atoms with Gasteiger partial charge in [0.15, 0.2) is 11.6 Å². The molecule has 0 aliphatic heterocycles. The predicted octanol–water partition coefficient (Wildman–Crippen LogP) is 17.1. The Balaban J connectivity index is 0.830. The molecule has 74 heavy (non-hydrogen) atoms. The van der Waals surface area contributed by atoms with Crippen LogP contribution in [0.25, 0.3) is 112 Å². The first-order valence-corrected chi connectivity index (χ1v) is 25.1. The van der Waals surface area contributed by atoms with Gasteiger partial charge in [-0.05, 0) is 94.0 Å². The Kier molecular flexibility index (Phi) is 9.60. The number of fused-ring (bicyclic) bond motifs is 2. The van der Waals surface area contributed by atoms with E-state index >= 15 is 0 Å². The minimum absolute atomic E-state index is 0.0144. The lowest BCUT2D eigenvalue weighted by molar-refractivity contribution is 0.631. The third-order valence-corrected chi connectivity index (χ3v) is 14.9. The third kappa shape index (κ3) is 7.10. The highest BCUT2D eigenvalue weighted by atomic mass is 16.3. The Bertz CT molecular complexity index is 4000. The second-order valence-electron chi connectivity index (χ2n) is 19.3. The molecule has 2 bridgehead atoms. The summed E-state index contributed by atoms with van der Waals surface area (Å²) in [6, 6.07) is 85.0. The highest BCUT2D eigenvalue weighted by Gasteiger charge is 2.41. The van der Waals surface area contributed by atoms with Crippen molar-refractivity contribution in [3.05, 3.63) is 276 Å². The molecular formula is C68H42N4O2. The quantitative estimate of drug-likeness (QED) is 0.151. The summed E-state index contributed by atoms with van der Waals surface area (Å²) in [4.78, 5) is 21.3. The minimum Gasteiger partial charge on any atom is -0.456 e. The molecule has 16 rings (SSSR count). The number of aromatic nitrogens is 4. The Morgan fingerprint density at radius 2 is 0.608 bits per heavy atom. The molecule has 0 spiro atoms. The number of benzene rings is 9. The van der Waals surface area contributed by atoms with Crippen LogP contribution < -0.4 is 0 Å². The zero-order chi connectivity index (χ0) is 48.7. The number of rotatable bonds is 8. The van der Waals surface area contributed by atoms with Gasteiger partial charge in [0, 0.05) is 67.1 Å². The monoisotopic (exact) mass is 946 g/mol. The minimum atomic E-state index is 0.0144. The van der Waals surface area contributed by atoms with Gasteiger partial charge in [0.25, 0.3) is 0 Å². The number of furan rings is 2. The van der Waals surface area contributed by atoms with Crippen molar-refractivity contribution in [3.63, 3.8) is 0 Å². The average molecular weight is 947 g/mol. The molecule has 3 aliphatic rings. The van der Waals surface area contributed by atoms with Gasteiger partial charge in [-0.3, -0.25) is 0 Å². The van der Waals surface area contributed by atoms with E-state index in [1.165, 1.54) is 33.4 Å². The lowest BCUT2D eigenvalue weighted by atomic mass is 9.61. The fourth-order valence-corrected chi connectivity index (χ4v) is 11.4. The van der Waals surface area contributed by atoms with Crippen molar-refractivity contribution in [2.24, 2.45) is 0 Å². The van der Waals surface area contributed by atoms with E-state index in [4.69, 9.17) is 28.8 Å². The zero-order valence-electron chi connectivity index (χ0n) is 39.9. The summed E-state index contributed by atoms with van der Waals surface area (Å²) in [6.45, 7) is 0. The predicted molar refractivity (Wildman–Crippen MR) is 295 cm³/mol. The summed E-state index contributed by atoms with van der Waals surface area (Å²) >= 11 is 0. The van der Waals surface area contributed by atoms with Crippen LogP contribution in [0.3, 0.4) is 0 Å². The van der Waals surface area contributed by atoms with Crippen molar-refractivity contribution >= 4 is 21.9 Å². The second-order valence-corrected chi connectivity index (χ2v) is 19.3. The van der Waals surface area contributed by atoms with Crippen LogP contribution in [0.4, 0.5) is 0 Å². The summed E-state index contributed by atoms with van der Waals surface area (Å²) in [5.74, 6) is 3.03. The van der Waals surface area contributed by atoms with Crippen LogP contribution in [-0.2, 0) is 0 Å². The molecule has 1 unspecified atom stereocenters. The molecule has 4 heterocycles. The van der Waals surface area contributed by atoms with E-state index in [1.807, 2.05) is 48.5 Å². The van der Waals surface area contributed by atoms with Gasteiger partial charge in [0.2, 0.25) is 0 Å². The van der Waals surface area contributed by atoms with Gasteiger partial charge < -0.3 is 8.83 Å². The van der Waals surface area contributed by atoms with Crippen LogP contribution in [0.5, 0.6) is 0 Å². The molecule has 0 N–H and O–H groups in total. The number of hydrogen-bond donors (Lipinski definition) is 0. The number of hydrogen-bond acceptors (Lipinski definition) is 6. The first-order chi connectivity index (χ1) is 36.6. The molecule has 13 aromatic rings. The van der Waals surface area contributed by atoms with Gasteiger partial charge in [-0.2, -0.15) is 0 Å². The molecule has 3 aliphatic carbocycles. The second kappa shape index (κ2) is 16.9. The molecule has 2 atom stereocenters. The number of nitrogens with zero attached hydrogens (tertiary/aromatic N) is 4. The third-order valence-electron chi connectivity index (χ3n) is 14.9. The van der Waals surface area contributed by atoms with Gasteiger partial charge in [0.1, 0.15) is 22.7 Å². The fraction of sp³-hybridized carbons (Fsp3) is 0.0294. The van der Waals surface area contributed by atoms with E-state index in [0.717, 1.165) is 101 Å². The van der Waals surface area contributed by atoms with E-state index < -0.39 is 0 Å². The molecule has 6 nitrogen and oxygen atoms in total. The van der Waals surface area contributed by atoms with Gasteiger partial charge in [-0.15, -0.1) is 0 Å². The van der Waals surface area contributed by atoms with Crippen molar-refractivity contribution < 1.29 is 8.83 Å². The molecule has 0 saturated carbocycles. The Hall–Kier alpha value is -9.78. The van der Waals surface area contributed by atoms with E-state index in [2.05, 4.69) is 194 Å². The summed E-state index contributed by atoms with van der Waals surface area (Å²) in [6.07, 6.45) is 0. The van der Waals surface area contributed by atoms with E-state index in [-0.39, 0.29) is 11.8 Å². The number of para-hydroxylation sites is 2. The first kappa shape index (κ1) is 42.0. The largest absolute Gasteiger partial charge is 0.456 e. The topological polar surface area (TPSA) is 77.8 Å². The van der Waals surface area contributed by atoms with Crippen molar-refractivity contribution in [2.75, 3.05) is 0 Å². The van der Waals surface area contributed by atoms with Gasteiger partial charge in [0.05, 0.1) is 22.8 Å². The van der Waals surface area contributed by atoms with Gasteiger partial charge in [-0.25, -0.2) is 19.9 Å². The average Bonchev–Trinajstić information content (AvgIpc) is 4.13. The lowest BCUT2D eigenvalue weighted by Gasteiger charge is -2.42. The summed E-state index contributed by atoms with van der Waals surface area (Å²) < 4.78 is 12.6. The molecule has 0 amide bonds. The van der Waals surface area contributed by atoms with Crippen LogP contribution >= 0.6 is 0 Å². The van der Waals surface area contributed by atoms with Crippen molar-refractivity contribution in [1.82, 2.24) is 19.9 Å². The molecule has 6 heteroatoms. The lowest BCUT2D eigenvalue weighted by Crippen LogP contribution is -2.27. The van der Waals surface area contributed by atoms with Crippen LogP contribution in [0.1, 0.15) is 45.2 Å². The maximum absolute atomic E-state index is 6.31. The van der Waals surface area contributed by atoms with Gasteiger partial charge in [-0.1, -0.05) is 182 Å². The molecule has 346 valence electrons. The standard InChI is InChI=1S/C68H42N4O2/c1-3-15-41(16-4-1)57-39-59(43-21-13-23-45(33-43)63-37-47-19-7-11-27-61(47)73-63)71-67(69-57)49-29-31-53-55(35-49)65-51-25-9-10-26-52(51)66(53)56-36-50(30-32-54(56)65)68-70-58(42-17-5-2-6-18-42)40-60(72-68)44-22-14-24-46(34-44)64-38-48-20-8-12-28-62(48)74-64/h1-40,65-66H/t65-,66?/m1/s1. The van der Waals surface area contributed by atoms with Crippen LogP contribution in [-0.4, -0.2) is 19.9 Å². The fourth-order valence-electron chi connectivity index (χ4n) is 11.4. The van der Waals surface area contributed by atoms with Crippen LogP contribution in [0.15, 0.2) is 251 Å². The van der Waals surface area contributed by atoms with Crippen molar-refractivity contribution in [3.8, 4) is 90.5 Å². The summed E-state index contributed by atoms with van der Waals surface area (Å²) in [5, 5.41) is 2.15. The van der Waals surface area contributed by atoms with E-state index in [9.17, 15) is 0 Å². The van der Waals surface area contributed by atoms with E-state index in [1.54, 1.807) is 0 Å². The van der Waals surface area contributed by atoms with E-state index in [0.29, 0.717) is 11.6 Å². The molecule has 0 radical (unpaired) electrons. The molecule has 9 aromatic carbocycles. The highest BCUT2D eigenvalue weighted by molar-refractivity contribution is 5.86. The Morgan fingerprint density at radius 1 is 0.243 bits per heavy atom. The molecule has 4 aromatic heterocycles. The molecule has 0 saturated heterocycles. The van der Waals surface area contributed by atoms with Crippen LogP contribution in [0.2, 0.25) is 0 Å². The van der Waals surface area contributed by atoms with Crippen LogP contribution in [0, 0.1) is 0 Å². The Labute approximate surface area is 427 Å². The maximum Gasteiger partial charge on any atom is 0.160 e.